The zero-order valence-corrected chi connectivity index (χ0v) is 12.1. The lowest BCUT2D eigenvalue weighted by atomic mass is 9.94. The van der Waals surface area contributed by atoms with Crippen molar-refractivity contribution in [3.05, 3.63) is 11.4 Å². The van der Waals surface area contributed by atoms with Crippen LogP contribution in [0.3, 0.4) is 0 Å². The van der Waals surface area contributed by atoms with E-state index in [1.807, 2.05) is 0 Å². The Bertz CT molecular complexity index is 561. The molecule has 0 amide bonds. The SMILES string of the molecule is Cc1n[nH]c(C)c1S(=O)(=O)N1CCCC2CNCC21. The van der Waals surface area contributed by atoms with E-state index < -0.39 is 10.0 Å². The molecule has 0 aliphatic carbocycles. The van der Waals surface area contributed by atoms with Crippen LogP contribution in [0.1, 0.15) is 24.2 Å². The predicted octanol–water partition coefficient (Wildman–Crippen LogP) is 0.399. The molecule has 2 saturated heterocycles. The van der Waals surface area contributed by atoms with E-state index in [0.717, 1.165) is 25.9 Å². The maximum Gasteiger partial charge on any atom is 0.247 e. The molecule has 7 heteroatoms. The topological polar surface area (TPSA) is 78.1 Å². The van der Waals surface area contributed by atoms with Crippen LogP contribution in [0.5, 0.6) is 0 Å². The number of fused-ring (bicyclic) bond motifs is 1. The van der Waals surface area contributed by atoms with E-state index in [2.05, 4.69) is 15.5 Å². The third kappa shape index (κ3) is 2.00. The molecular weight excluding hydrogens is 264 g/mol. The minimum Gasteiger partial charge on any atom is -0.315 e. The van der Waals surface area contributed by atoms with Gasteiger partial charge in [-0.3, -0.25) is 5.10 Å². The number of H-pyrrole nitrogens is 1. The number of aromatic amines is 1. The van der Waals surface area contributed by atoms with E-state index in [4.69, 9.17) is 0 Å². The number of hydrogen-bond donors (Lipinski definition) is 2. The van der Waals surface area contributed by atoms with Crippen molar-refractivity contribution in [3.63, 3.8) is 0 Å². The molecule has 0 radical (unpaired) electrons. The highest BCUT2D eigenvalue weighted by Gasteiger charge is 2.42. The van der Waals surface area contributed by atoms with Crippen LogP contribution in [0.2, 0.25) is 0 Å². The van der Waals surface area contributed by atoms with Crippen LogP contribution in [-0.2, 0) is 10.0 Å². The van der Waals surface area contributed by atoms with Crippen molar-refractivity contribution in [2.24, 2.45) is 5.92 Å². The molecule has 0 bridgehead atoms. The molecule has 2 N–H and O–H groups in total. The summed E-state index contributed by atoms with van der Waals surface area (Å²) >= 11 is 0. The van der Waals surface area contributed by atoms with Gasteiger partial charge < -0.3 is 5.32 Å². The second kappa shape index (κ2) is 4.57. The van der Waals surface area contributed by atoms with Crippen LogP contribution in [0, 0.1) is 19.8 Å². The van der Waals surface area contributed by atoms with Crippen molar-refractivity contribution in [3.8, 4) is 0 Å². The van der Waals surface area contributed by atoms with E-state index >= 15 is 0 Å². The molecule has 0 spiro atoms. The molecule has 2 aliphatic heterocycles. The van der Waals surface area contributed by atoms with Crippen molar-refractivity contribution in [1.82, 2.24) is 19.8 Å². The third-order valence-electron chi connectivity index (χ3n) is 4.25. The van der Waals surface area contributed by atoms with Gasteiger partial charge in [0.1, 0.15) is 4.90 Å². The molecule has 106 valence electrons. The molecule has 0 saturated carbocycles. The van der Waals surface area contributed by atoms with Crippen LogP contribution < -0.4 is 5.32 Å². The van der Waals surface area contributed by atoms with Gasteiger partial charge in [-0.25, -0.2) is 8.42 Å². The number of aromatic nitrogens is 2. The molecule has 19 heavy (non-hydrogen) atoms. The summed E-state index contributed by atoms with van der Waals surface area (Å²) in [6.07, 6.45) is 2.06. The van der Waals surface area contributed by atoms with Crippen LogP contribution in [0.25, 0.3) is 0 Å². The first-order valence-corrected chi connectivity index (χ1v) is 8.20. The third-order valence-corrected chi connectivity index (χ3v) is 6.44. The van der Waals surface area contributed by atoms with Crippen LogP contribution in [0.4, 0.5) is 0 Å². The molecule has 2 fully saturated rings. The van der Waals surface area contributed by atoms with Crippen molar-refractivity contribution in [2.75, 3.05) is 19.6 Å². The number of nitrogens with one attached hydrogen (secondary N) is 2. The second-order valence-electron chi connectivity index (χ2n) is 5.51. The van der Waals surface area contributed by atoms with Gasteiger partial charge in [-0.1, -0.05) is 0 Å². The summed E-state index contributed by atoms with van der Waals surface area (Å²) in [5.41, 5.74) is 1.19. The molecule has 6 nitrogen and oxygen atoms in total. The fraction of sp³-hybridized carbons (Fsp3) is 0.750. The first-order chi connectivity index (χ1) is 9.01. The van der Waals surface area contributed by atoms with Gasteiger partial charge in [0, 0.05) is 19.1 Å². The van der Waals surface area contributed by atoms with Gasteiger partial charge in [0.25, 0.3) is 0 Å². The molecule has 2 aliphatic rings. The molecule has 1 aromatic rings. The number of aryl methyl sites for hydroxylation is 2. The summed E-state index contributed by atoms with van der Waals surface area (Å²) in [4.78, 5) is 0.361. The van der Waals surface area contributed by atoms with Gasteiger partial charge in [-0.2, -0.15) is 9.40 Å². The average molecular weight is 284 g/mol. The zero-order chi connectivity index (χ0) is 13.6. The fourth-order valence-electron chi connectivity index (χ4n) is 3.36. The smallest absolute Gasteiger partial charge is 0.247 e. The Labute approximate surface area is 113 Å². The van der Waals surface area contributed by atoms with Crippen LogP contribution in [-0.4, -0.2) is 48.6 Å². The Balaban J connectivity index is 2.00. The van der Waals surface area contributed by atoms with Gasteiger partial charge in [0.05, 0.1) is 11.4 Å². The lowest BCUT2D eigenvalue weighted by Crippen LogP contribution is -2.48. The summed E-state index contributed by atoms with van der Waals surface area (Å²) < 4.78 is 27.4. The Morgan fingerprint density at radius 3 is 2.79 bits per heavy atom. The van der Waals surface area contributed by atoms with E-state index in [1.54, 1.807) is 18.2 Å². The minimum atomic E-state index is -3.43. The number of rotatable bonds is 2. The number of piperidine rings is 1. The van der Waals surface area contributed by atoms with Crippen molar-refractivity contribution >= 4 is 10.0 Å². The average Bonchev–Trinajstić information content (AvgIpc) is 2.95. The van der Waals surface area contributed by atoms with Crippen LogP contribution in [0.15, 0.2) is 4.90 Å². The van der Waals surface area contributed by atoms with E-state index in [0.29, 0.717) is 28.7 Å². The molecule has 0 aromatic carbocycles. The molecule has 3 heterocycles. The summed E-state index contributed by atoms with van der Waals surface area (Å²) in [5.74, 6) is 0.455. The fourth-order valence-corrected chi connectivity index (χ4v) is 5.42. The van der Waals surface area contributed by atoms with Crippen LogP contribution >= 0.6 is 0 Å². The zero-order valence-electron chi connectivity index (χ0n) is 11.3. The van der Waals surface area contributed by atoms with Gasteiger partial charge in [-0.15, -0.1) is 0 Å². The van der Waals surface area contributed by atoms with Gasteiger partial charge in [0.15, 0.2) is 0 Å². The quantitative estimate of drug-likeness (QED) is 0.824. The van der Waals surface area contributed by atoms with Crippen molar-refractivity contribution in [2.45, 2.75) is 37.6 Å². The normalized spacial score (nSPS) is 28.5. The first kappa shape index (κ1) is 13.1. The van der Waals surface area contributed by atoms with Gasteiger partial charge >= 0.3 is 0 Å². The highest BCUT2D eigenvalue weighted by atomic mass is 32.2. The lowest BCUT2D eigenvalue weighted by Gasteiger charge is -2.35. The maximum absolute atomic E-state index is 12.9. The summed E-state index contributed by atoms with van der Waals surface area (Å²) in [6, 6.07) is 0.104. The number of sulfonamides is 1. The molecular formula is C12H20N4O2S. The Kier molecular flexibility index (Phi) is 3.15. The van der Waals surface area contributed by atoms with E-state index in [-0.39, 0.29) is 6.04 Å². The highest BCUT2D eigenvalue weighted by molar-refractivity contribution is 7.89. The summed E-state index contributed by atoms with van der Waals surface area (Å²) in [5, 5.41) is 10.1. The Hall–Kier alpha value is -0.920. The molecule has 2 unspecified atom stereocenters. The largest absolute Gasteiger partial charge is 0.315 e. The van der Waals surface area contributed by atoms with Gasteiger partial charge in [-0.05, 0) is 39.2 Å². The molecule has 2 atom stereocenters. The van der Waals surface area contributed by atoms with E-state index in [1.165, 1.54) is 0 Å². The highest BCUT2D eigenvalue weighted by Crippen LogP contribution is 2.32. The summed E-state index contributed by atoms with van der Waals surface area (Å²) in [7, 11) is -3.43. The molecule has 1 aromatic heterocycles. The monoisotopic (exact) mass is 284 g/mol. The minimum absolute atomic E-state index is 0.104. The number of nitrogens with zero attached hydrogens (tertiary/aromatic N) is 2. The number of hydrogen-bond acceptors (Lipinski definition) is 4. The van der Waals surface area contributed by atoms with E-state index in [9.17, 15) is 8.42 Å². The maximum atomic E-state index is 12.9. The van der Waals surface area contributed by atoms with Crippen molar-refractivity contribution < 1.29 is 8.42 Å². The Morgan fingerprint density at radius 1 is 1.32 bits per heavy atom. The first-order valence-electron chi connectivity index (χ1n) is 6.76. The Morgan fingerprint density at radius 2 is 2.11 bits per heavy atom. The second-order valence-corrected chi connectivity index (χ2v) is 7.33. The standard InChI is InChI=1S/C12H20N4O2S/c1-8-12(9(2)15-14-8)19(17,18)16-5-3-4-10-6-13-7-11(10)16/h10-11,13H,3-7H2,1-2H3,(H,14,15). The lowest BCUT2D eigenvalue weighted by molar-refractivity contribution is 0.217. The van der Waals surface area contributed by atoms with Gasteiger partial charge in [0.2, 0.25) is 10.0 Å². The molecule has 3 rings (SSSR count). The van der Waals surface area contributed by atoms with Crippen molar-refractivity contribution in [1.29, 1.82) is 0 Å². The predicted molar refractivity (Wildman–Crippen MR) is 71.3 cm³/mol. The summed E-state index contributed by atoms with van der Waals surface area (Å²) in [6.45, 7) is 5.82.